The van der Waals surface area contributed by atoms with E-state index in [4.69, 9.17) is 9.47 Å². The Hall–Kier alpha value is -2.06. The first-order chi connectivity index (χ1) is 14.0. The second kappa shape index (κ2) is 8.75. The van der Waals surface area contributed by atoms with Crippen molar-refractivity contribution >= 4 is 0 Å². The molecule has 0 saturated carbocycles. The van der Waals surface area contributed by atoms with Crippen LogP contribution in [0.15, 0.2) is 36.4 Å². The number of aliphatic hydroxyl groups is 2. The number of aryl methyl sites for hydroxylation is 1. The largest absolute Gasteiger partial charge is 0.487 e. The highest BCUT2D eigenvalue weighted by Crippen LogP contribution is 2.29. The molecule has 0 radical (unpaired) electrons. The number of nitrogens with one attached hydrogen (secondary N) is 1. The van der Waals surface area contributed by atoms with E-state index < -0.39 is 12.2 Å². The van der Waals surface area contributed by atoms with Gasteiger partial charge >= 0.3 is 0 Å². The third-order valence-electron chi connectivity index (χ3n) is 5.61. The molecule has 0 aliphatic carbocycles. The summed E-state index contributed by atoms with van der Waals surface area (Å²) in [5, 5.41) is 23.9. The molecule has 2 aromatic carbocycles. The van der Waals surface area contributed by atoms with Crippen LogP contribution in [0.4, 0.5) is 8.78 Å². The minimum atomic E-state index is -0.753. The summed E-state index contributed by atoms with van der Waals surface area (Å²) in [6.07, 6.45) is -0.516. The summed E-state index contributed by atoms with van der Waals surface area (Å²) in [6, 6.07) is 9.00. The summed E-state index contributed by atoms with van der Waals surface area (Å²) < 4.78 is 38.0. The molecule has 3 N–H and O–H groups in total. The highest BCUT2D eigenvalue weighted by molar-refractivity contribution is 5.36. The highest BCUT2D eigenvalue weighted by Gasteiger charge is 2.28. The normalized spacial score (nSPS) is 22.9. The number of hydrogen-bond acceptors (Lipinski definition) is 5. The third-order valence-corrected chi connectivity index (χ3v) is 5.61. The second-order valence-electron chi connectivity index (χ2n) is 7.71. The Morgan fingerprint density at radius 3 is 2.41 bits per heavy atom. The molecule has 4 unspecified atom stereocenters. The molecule has 2 aromatic rings. The van der Waals surface area contributed by atoms with Crippen LogP contribution in [0.1, 0.15) is 23.1 Å². The van der Waals surface area contributed by atoms with Gasteiger partial charge in [0.15, 0.2) is 0 Å². The molecule has 0 spiro atoms. The van der Waals surface area contributed by atoms with Gasteiger partial charge in [0.1, 0.15) is 29.6 Å². The summed E-state index contributed by atoms with van der Waals surface area (Å²) in [5.74, 6) is 0.0202. The third kappa shape index (κ3) is 4.75. The number of rotatable bonds is 6. The van der Waals surface area contributed by atoms with Gasteiger partial charge < -0.3 is 25.0 Å². The standard InChI is InChI=1S/C22H25F2NO4/c23-16-3-1-13-9-22(28-12-15(13)8-16)19(27)11-25-10-18(26)21-5-2-14-7-17(24)4-6-20(14)29-21/h1,3-4,6-8,18-19,21-22,25-27H,2,5,9-12H2. The first-order valence-corrected chi connectivity index (χ1v) is 9.90. The fourth-order valence-electron chi connectivity index (χ4n) is 3.94. The van der Waals surface area contributed by atoms with Crippen molar-refractivity contribution in [1.82, 2.24) is 5.32 Å². The highest BCUT2D eigenvalue weighted by atomic mass is 19.1. The fraction of sp³-hybridized carbons (Fsp3) is 0.455. The minimum absolute atomic E-state index is 0.257. The zero-order valence-corrected chi connectivity index (χ0v) is 16.0. The van der Waals surface area contributed by atoms with Crippen molar-refractivity contribution in [2.24, 2.45) is 0 Å². The summed E-state index contributed by atoms with van der Waals surface area (Å²) in [7, 11) is 0. The van der Waals surface area contributed by atoms with Crippen molar-refractivity contribution in [3.05, 3.63) is 64.7 Å². The number of aliphatic hydroxyl groups excluding tert-OH is 2. The van der Waals surface area contributed by atoms with Gasteiger partial charge in [-0.25, -0.2) is 8.78 Å². The summed E-state index contributed by atoms with van der Waals surface area (Å²) in [6.45, 7) is 0.785. The Balaban J connectivity index is 1.24. The van der Waals surface area contributed by atoms with Crippen LogP contribution in [0.3, 0.4) is 0 Å². The van der Waals surface area contributed by atoms with Crippen LogP contribution < -0.4 is 10.1 Å². The number of hydrogen-bond donors (Lipinski definition) is 3. The van der Waals surface area contributed by atoms with Crippen molar-refractivity contribution in [2.45, 2.75) is 50.3 Å². The van der Waals surface area contributed by atoms with Gasteiger partial charge in [0.05, 0.1) is 18.8 Å². The van der Waals surface area contributed by atoms with Crippen molar-refractivity contribution in [2.75, 3.05) is 13.1 Å². The summed E-state index contributed by atoms with van der Waals surface area (Å²) >= 11 is 0. The van der Waals surface area contributed by atoms with Crippen LogP contribution in [0.2, 0.25) is 0 Å². The lowest BCUT2D eigenvalue weighted by atomic mass is 9.96. The Morgan fingerprint density at radius 1 is 0.931 bits per heavy atom. The monoisotopic (exact) mass is 405 g/mol. The smallest absolute Gasteiger partial charge is 0.126 e. The molecule has 2 heterocycles. The number of fused-ring (bicyclic) bond motifs is 2. The molecule has 29 heavy (non-hydrogen) atoms. The van der Waals surface area contributed by atoms with Crippen LogP contribution in [-0.4, -0.2) is 47.7 Å². The Kier molecular flexibility index (Phi) is 6.10. The lowest BCUT2D eigenvalue weighted by Crippen LogP contribution is -2.46. The fourth-order valence-corrected chi connectivity index (χ4v) is 3.94. The second-order valence-corrected chi connectivity index (χ2v) is 7.71. The van der Waals surface area contributed by atoms with Gasteiger partial charge in [-0.2, -0.15) is 0 Å². The number of ether oxygens (including phenoxy) is 2. The lowest BCUT2D eigenvalue weighted by molar-refractivity contribution is -0.0539. The summed E-state index contributed by atoms with van der Waals surface area (Å²) in [4.78, 5) is 0. The van der Waals surface area contributed by atoms with E-state index in [0.717, 1.165) is 16.7 Å². The molecular formula is C22H25F2NO4. The molecule has 0 saturated heterocycles. The van der Waals surface area contributed by atoms with Crippen LogP contribution in [0.5, 0.6) is 5.75 Å². The zero-order chi connectivity index (χ0) is 20.4. The number of benzene rings is 2. The van der Waals surface area contributed by atoms with Gasteiger partial charge in [-0.1, -0.05) is 6.07 Å². The summed E-state index contributed by atoms with van der Waals surface area (Å²) in [5.41, 5.74) is 2.60. The molecule has 5 nitrogen and oxygen atoms in total. The Bertz CT molecular complexity index is 793. The molecule has 156 valence electrons. The van der Waals surface area contributed by atoms with E-state index >= 15 is 0 Å². The molecule has 2 aliphatic heterocycles. The van der Waals surface area contributed by atoms with Crippen molar-refractivity contribution < 1.29 is 28.5 Å². The predicted molar refractivity (Wildman–Crippen MR) is 103 cm³/mol. The van der Waals surface area contributed by atoms with Gasteiger partial charge in [0.25, 0.3) is 0 Å². The lowest BCUT2D eigenvalue weighted by Gasteiger charge is -2.31. The van der Waals surface area contributed by atoms with E-state index in [9.17, 15) is 19.0 Å². The molecule has 4 atom stereocenters. The first-order valence-electron chi connectivity index (χ1n) is 9.90. The maximum absolute atomic E-state index is 13.3. The maximum Gasteiger partial charge on any atom is 0.126 e. The van der Waals surface area contributed by atoms with Crippen LogP contribution in [0, 0.1) is 11.6 Å². The van der Waals surface area contributed by atoms with E-state index in [1.165, 1.54) is 24.3 Å². The van der Waals surface area contributed by atoms with Crippen molar-refractivity contribution in [1.29, 1.82) is 0 Å². The average molecular weight is 405 g/mol. The molecule has 4 rings (SSSR count). The van der Waals surface area contributed by atoms with Gasteiger partial charge in [-0.15, -0.1) is 0 Å². The topological polar surface area (TPSA) is 71.0 Å². The molecule has 7 heteroatoms. The molecule has 0 aromatic heterocycles. The molecule has 2 aliphatic rings. The predicted octanol–water partition coefficient (Wildman–Crippen LogP) is 2.11. The van der Waals surface area contributed by atoms with E-state index in [2.05, 4.69) is 5.32 Å². The van der Waals surface area contributed by atoms with E-state index in [0.29, 0.717) is 25.0 Å². The van der Waals surface area contributed by atoms with Gasteiger partial charge in [0, 0.05) is 19.5 Å². The van der Waals surface area contributed by atoms with Crippen LogP contribution >= 0.6 is 0 Å². The molecule has 0 bridgehead atoms. The average Bonchev–Trinajstić information content (AvgIpc) is 2.72. The molecule has 0 fully saturated rings. The SMILES string of the molecule is OC(CNCC(O)C1CCc2cc(F)ccc2O1)C1Cc2ccc(F)cc2CO1. The quantitative estimate of drug-likeness (QED) is 0.687. The van der Waals surface area contributed by atoms with Gasteiger partial charge in [0.2, 0.25) is 0 Å². The minimum Gasteiger partial charge on any atom is -0.487 e. The first kappa shape index (κ1) is 20.2. The van der Waals surface area contributed by atoms with Gasteiger partial charge in [-0.05, 0) is 59.9 Å². The van der Waals surface area contributed by atoms with Crippen molar-refractivity contribution in [3.63, 3.8) is 0 Å². The van der Waals surface area contributed by atoms with E-state index in [1.54, 1.807) is 12.1 Å². The van der Waals surface area contributed by atoms with Crippen LogP contribution in [-0.2, 0) is 24.2 Å². The molecule has 0 amide bonds. The van der Waals surface area contributed by atoms with E-state index in [1.807, 2.05) is 0 Å². The Morgan fingerprint density at radius 2 is 1.62 bits per heavy atom. The molecular weight excluding hydrogens is 380 g/mol. The van der Waals surface area contributed by atoms with Crippen LogP contribution in [0.25, 0.3) is 0 Å². The van der Waals surface area contributed by atoms with Crippen molar-refractivity contribution in [3.8, 4) is 5.75 Å². The number of halogens is 2. The maximum atomic E-state index is 13.3. The van der Waals surface area contributed by atoms with Gasteiger partial charge in [-0.3, -0.25) is 0 Å². The van der Waals surface area contributed by atoms with E-state index in [-0.39, 0.29) is 43.5 Å². The Labute approximate surface area is 168 Å². The zero-order valence-electron chi connectivity index (χ0n) is 16.0.